The molecule has 186 valence electrons. The number of halogens is 6. The zero-order valence-corrected chi connectivity index (χ0v) is 19.6. The van der Waals surface area contributed by atoms with E-state index in [0.717, 1.165) is 10.7 Å². The third kappa shape index (κ3) is 5.24. The van der Waals surface area contributed by atoms with Crippen LogP contribution in [0.3, 0.4) is 0 Å². The number of alkyl halides is 3. The highest BCUT2D eigenvalue weighted by Gasteiger charge is 2.37. The lowest BCUT2D eigenvalue weighted by Crippen LogP contribution is -2.19. The molecule has 4 aromatic rings. The number of hydrogen-bond donors (Lipinski definition) is 2. The van der Waals surface area contributed by atoms with Gasteiger partial charge in [0.05, 0.1) is 27.0 Å². The minimum Gasteiger partial charge on any atom is -0.478 e. The molecule has 0 aliphatic heterocycles. The van der Waals surface area contributed by atoms with Gasteiger partial charge in [-0.1, -0.05) is 34.8 Å². The van der Waals surface area contributed by atoms with Crippen molar-refractivity contribution < 1.29 is 27.9 Å². The Bertz CT molecular complexity index is 1490. The zero-order valence-electron chi connectivity index (χ0n) is 17.3. The number of tetrazole rings is 1. The lowest BCUT2D eigenvalue weighted by Gasteiger charge is -2.12. The van der Waals surface area contributed by atoms with E-state index in [1.165, 1.54) is 30.5 Å². The van der Waals surface area contributed by atoms with Crippen molar-refractivity contribution in [3.63, 3.8) is 0 Å². The minimum absolute atomic E-state index is 0.0127. The molecule has 0 fully saturated rings. The van der Waals surface area contributed by atoms with Crippen LogP contribution in [0.25, 0.3) is 5.82 Å². The maximum Gasteiger partial charge on any atom is 0.455 e. The van der Waals surface area contributed by atoms with Crippen molar-refractivity contribution in [1.29, 1.82) is 0 Å². The molecular formula is C19H10Cl3F3N8O3. The maximum atomic E-state index is 13.2. The average Bonchev–Trinajstić information content (AvgIpc) is 3.43. The van der Waals surface area contributed by atoms with Gasteiger partial charge in [0, 0.05) is 11.2 Å². The molecule has 3 heterocycles. The molecule has 0 aliphatic carbocycles. The molecule has 2 N–H and O–H groups in total. The lowest BCUT2D eigenvalue weighted by molar-refractivity contribution is -0.145. The monoisotopic (exact) mass is 560 g/mol. The largest absolute Gasteiger partial charge is 0.478 e. The summed E-state index contributed by atoms with van der Waals surface area (Å²) in [5, 5.41) is 25.6. The number of nitrogens with zero attached hydrogens (tertiary/aromatic N) is 7. The number of aromatic nitrogens is 7. The quantitative estimate of drug-likeness (QED) is 0.356. The van der Waals surface area contributed by atoms with Gasteiger partial charge in [0.15, 0.2) is 5.82 Å². The fraction of sp³-hybridized carbons (Fsp3) is 0.105. The summed E-state index contributed by atoms with van der Waals surface area (Å²) in [6, 6.07) is 6.54. The van der Waals surface area contributed by atoms with Crippen LogP contribution in [-0.4, -0.2) is 52.0 Å². The van der Waals surface area contributed by atoms with Gasteiger partial charge in [-0.3, -0.25) is 4.79 Å². The van der Waals surface area contributed by atoms with Gasteiger partial charge < -0.3 is 10.4 Å². The van der Waals surface area contributed by atoms with Gasteiger partial charge in [0.2, 0.25) is 0 Å². The van der Waals surface area contributed by atoms with Crippen molar-refractivity contribution in [2.75, 3.05) is 5.32 Å². The second kappa shape index (κ2) is 9.72. The fourth-order valence-corrected chi connectivity index (χ4v) is 3.72. The van der Waals surface area contributed by atoms with Crippen molar-refractivity contribution in [2.24, 2.45) is 0 Å². The molecule has 0 spiro atoms. The Balaban J connectivity index is 1.75. The molecule has 0 radical (unpaired) electrons. The van der Waals surface area contributed by atoms with E-state index >= 15 is 0 Å². The minimum atomic E-state index is -4.80. The van der Waals surface area contributed by atoms with Crippen molar-refractivity contribution in [3.8, 4) is 5.82 Å². The van der Waals surface area contributed by atoms with Gasteiger partial charge in [-0.2, -0.15) is 23.1 Å². The van der Waals surface area contributed by atoms with E-state index in [1.807, 2.05) is 0 Å². The number of nitrogens with one attached hydrogen (secondary N) is 1. The third-order valence-electron chi connectivity index (χ3n) is 4.47. The first-order valence-corrected chi connectivity index (χ1v) is 10.7. The topological polar surface area (TPSA) is 141 Å². The molecule has 11 nitrogen and oxygen atoms in total. The Hall–Kier alpha value is -3.75. The highest BCUT2D eigenvalue weighted by atomic mass is 35.5. The first-order valence-electron chi connectivity index (χ1n) is 9.52. The maximum absolute atomic E-state index is 13.2. The van der Waals surface area contributed by atoms with Crippen molar-refractivity contribution >= 4 is 52.4 Å². The highest BCUT2D eigenvalue weighted by molar-refractivity contribution is 6.38. The predicted molar refractivity (Wildman–Crippen MR) is 120 cm³/mol. The molecule has 1 aromatic carbocycles. The standard InChI is InChI=1S/C19H10Cl3F3N8O3/c20-8-4-10(17(35)36)14(12(22)5-8)27-16(34)13-6-9(7-32-30-18(28-31-32)19(23,24)25)29-33(13)15-11(21)2-1-3-26-15/h1-6H,7H2,(H,27,34)(H,35,36). The number of aromatic carboxylic acids is 1. The second-order valence-electron chi connectivity index (χ2n) is 6.95. The predicted octanol–water partition coefficient (Wildman–Crippen LogP) is 4.23. The van der Waals surface area contributed by atoms with E-state index in [0.29, 0.717) is 4.80 Å². The molecule has 4 rings (SSSR count). The smallest absolute Gasteiger partial charge is 0.455 e. The summed E-state index contributed by atoms with van der Waals surface area (Å²) in [7, 11) is 0. The average molecular weight is 562 g/mol. The van der Waals surface area contributed by atoms with Gasteiger partial charge in [-0.15, -0.1) is 10.2 Å². The molecular weight excluding hydrogens is 552 g/mol. The van der Waals surface area contributed by atoms with Crippen molar-refractivity contribution in [3.05, 3.63) is 74.4 Å². The number of hydrogen-bond acceptors (Lipinski definition) is 7. The van der Waals surface area contributed by atoms with Crippen LogP contribution in [0.4, 0.5) is 18.9 Å². The van der Waals surface area contributed by atoms with Crippen LogP contribution in [0.1, 0.15) is 32.4 Å². The molecule has 0 unspecified atom stereocenters. The normalized spacial score (nSPS) is 11.5. The van der Waals surface area contributed by atoms with E-state index < -0.39 is 30.4 Å². The number of pyridine rings is 1. The molecule has 36 heavy (non-hydrogen) atoms. The first kappa shape index (κ1) is 25.3. The fourth-order valence-electron chi connectivity index (χ4n) is 2.98. The molecule has 3 aromatic heterocycles. The summed E-state index contributed by atoms with van der Waals surface area (Å²) < 4.78 is 39.4. The van der Waals surface area contributed by atoms with Crippen LogP contribution in [0.2, 0.25) is 15.1 Å². The first-order chi connectivity index (χ1) is 16.9. The van der Waals surface area contributed by atoms with E-state index in [-0.39, 0.29) is 43.5 Å². The SMILES string of the molecule is O=C(O)c1cc(Cl)cc(Cl)c1NC(=O)c1cc(Cn2nnc(C(F)(F)F)n2)nn1-c1ncccc1Cl. The summed E-state index contributed by atoms with van der Waals surface area (Å²) in [6.45, 7) is -0.400. The lowest BCUT2D eigenvalue weighted by atomic mass is 10.1. The number of carboxylic acids is 1. The number of carboxylic acid groups (broad SMARTS) is 1. The molecule has 1 amide bonds. The molecule has 0 atom stereocenters. The van der Waals surface area contributed by atoms with Crippen LogP contribution in [0.15, 0.2) is 36.5 Å². The molecule has 17 heteroatoms. The van der Waals surface area contributed by atoms with Crippen molar-refractivity contribution in [2.45, 2.75) is 12.7 Å². The number of amides is 1. The van der Waals surface area contributed by atoms with E-state index in [4.69, 9.17) is 34.8 Å². The number of carbonyl (C=O) groups excluding carboxylic acids is 1. The summed E-state index contributed by atoms with van der Waals surface area (Å²) in [4.78, 5) is 29.6. The Morgan fingerprint density at radius 2 is 1.83 bits per heavy atom. The molecule has 0 aliphatic rings. The summed E-state index contributed by atoms with van der Waals surface area (Å²) in [5.74, 6) is -3.73. The highest BCUT2D eigenvalue weighted by Crippen LogP contribution is 2.31. The van der Waals surface area contributed by atoms with Crippen LogP contribution < -0.4 is 5.32 Å². The van der Waals surface area contributed by atoms with Crippen LogP contribution in [0, 0.1) is 0 Å². The summed E-state index contributed by atoms with van der Waals surface area (Å²) >= 11 is 18.2. The number of carbonyl (C=O) groups is 2. The van der Waals surface area contributed by atoms with E-state index in [1.54, 1.807) is 0 Å². The summed E-state index contributed by atoms with van der Waals surface area (Å²) in [5.41, 5.74) is -0.792. The molecule has 0 saturated heterocycles. The Kier molecular flexibility index (Phi) is 6.84. The molecule has 0 saturated carbocycles. The molecule has 0 bridgehead atoms. The number of rotatable bonds is 6. The van der Waals surface area contributed by atoms with Gasteiger partial charge in [0.25, 0.3) is 11.7 Å². The van der Waals surface area contributed by atoms with E-state index in [2.05, 4.69) is 30.8 Å². The van der Waals surface area contributed by atoms with Crippen LogP contribution in [0.5, 0.6) is 0 Å². The summed E-state index contributed by atoms with van der Waals surface area (Å²) in [6.07, 6.45) is -3.43. The number of benzene rings is 1. The Morgan fingerprint density at radius 3 is 2.47 bits per heavy atom. The Labute approximate surface area is 213 Å². The van der Waals surface area contributed by atoms with Gasteiger partial charge >= 0.3 is 12.1 Å². The second-order valence-corrected chi connectivity index (χ2v) is 8.20. The van der Waals surface area contributed by atoms with Crippen molar-refractivity contribution in [1.82, 2.24) is 35.0 Å². The van der Waals surface area contributed by atoms with Crippen LogP contribution in [-0.2, 0) is 12.7 Å². The zero-order chi connectivity index (χ0) is 26.2. The van der Waals surface area contributed by atoms with Gasteiger partial charge in [-0.05, 0) is 35.5 Å². The third-order valence-corrected chi connectivity index (χ3v) is 5.28. The van der Waals surface area contributed by atoms with E-state index in [9.17, 15) is 27.9 Å². The van der Waals surface area contributed by atoms with Gasteiger partial charge in [-0.25, -0.2) is 14.5 Å². The number of anilines is 1. The van der Waals surface area contributed by atoms with Crippen LogP contribution >= 0.6 is 34.8 Å². The Morgan fingerprint density at radius 1 is 1.08 bits per heavy atom. The van der Waals surface area contributed by atoms with Gasteiger partial charge in [0.1, 0.15) is 12.2 Å².